The minimum absolute atomic E-state index is 0.0141. The monoisotopic (exact) mass is 249 g/mol. The summed E-state index contributed by atoms with van der Waals surface area (Å²) in [7, 11) is 0. The Kier molecular flexibility index (Phi) is 3.34. The lowest BCUT2D eigenvalue weighted by molar-refractivity contribution is -0.384. The number of thiophene rings is 1. The summed E-state index contributed by atoms with van der Waals surface area (Å²) in [5.74, 6) is 0.312. The van der Waals surface area contributed by atoms with Crippen LogP contribution >= 0.6 is 11.3 Å². The molecule has 0 aromatic carbocycles. The number of nitro groups is 1. The van der Waals surface area contributed by atoms with Crippen molar-refractivity contribution in [1.82, 2.24) is 4.98 Å². The average Bonchev–Trinajstić information content (AvgIpc) is 2.80. The van der Waals surface area contributed by atoms with Crippen LogP contribution in [0.2, 0.25) is 0 Å². The van der Waals surface area contributed by atoms with Gasteiger partial charge in [-0.1, -0.05) is 0 Å². The minimum Gasteiger partial charge on any atom is -0.360 e. The van der Waals surface area contributed by atoms with Crippen molar-refractivity contribution >= 4 is 22.8 Å². The van der Waals surface area contributed by atoms with E-state index in [2.05, 4.69) is 10.3 Å². The second kappa shape index (κ2) is 4.92. The van der Waals surface area contributed by atoms with Gasteiger partial charge in [-0.25, -0.2) is 4.98 Å². The van der Waals surface area contributed by atoms with Crippen LogP contribution in [0.25, 0.3) is 0 Å². The molecule has 0 amide bonds. The topological polar surface area (TPSA) is 68.1 Å². The van der Waals surface area contributed by atoms with E-state index in [4.69, 9.17) is 0 Å². The summed E-state index contributed by atoms with van der Waals surface area (Å²) in [6.07, 6.45) is 1.61. The van der Waals surface area contributed by atoms with Gasteiger partial charge in [-0.15, -0.1) is 0 Å². The average molecular weight is 249 g/mol. The van der Waals surface area contributed by atoms with Gasteiger partial charge in [0.05, 0.1) is 4.92 Å². The van der Waals surface area contributed by atoms with Crippen LogP contribution in [0.15, 0.2) is 29.1 Å². The molecule has 0 atom stereocenters. The van der Waals surface area contributed by atoms with Crippen LogP contribution in [-0.4, -0.2) is 9.91 Å². The smallest absolute Gasteiger partial charge is 0.311 e. The molecule has 0 spiro atoms. The number of pyridine rings is 1. The third-order valence-electron chi connectivity index (χ3n) is 2.24. The van der Waals surface area contributed by atoms with E-state index in [-0.39, 0.29) is 5.69 Å². The first kappa shape index (κ1) is 11.5. The second-order valence-corrected chi connectivity index (χ2v) is 4.40. The van der Waals surface area contributed by atoms with Crippen molar-refractivity contribution in [2.24, 2.45) is 0 Å². The van der Waals surface area contributed by atoms with E-state index >= 15 is 0 Å². The number of anilines is 1. The van der Waals surface area contributed by atoms with Gasteiger partial charge >= 0.3 is 5.69 Å². The van der Waals surface area contributed by atoms with Crippen LogP contribution in [0.1, 0.15) is 11.1 Å². The molecular formula is C11H11N3O2S. The molecule has 0 radical (unpaired) electrons. The Balaban J connectivity index is 2.17. The molecule has 17 heavy (non-hydrogen) atoms. The van der Waals surface area contributed by atoms with E-state index in [1.807, 2.05) is 16.8 Å². The molecule has 0 aliphatic carbocycles. The second-order valence-electron chi connectivity index (χ2n) is 3.62. The molecule has 2 rings (SSSR count). The Morgan fingerprint density at radius 1 is 1.59 bits per heavy atom. The highest BCUT2D eigenvalue weighted by Gasteiger charge is 2.14. The van der Waals surface area contributed by atoms with Crippen molar-refractivity contribution in [3.63, 3.8) is 0 Å². The van der Waals surface area contributed by atoms with Crippen LogP contribution in [0.4, 0.5) is 11.5 Å². The summed E-state index contributed by atoms with van der Waals surface area (Å²) in [5, 5.41) is 17.8. The highest BCUT2D eigenvalue weighted by molar-refractivity contribution is 7.07. The van der Waals surface area contributed by atoms with E-state index in [9.17, 15) is 10.1 Å². The SMILES string of the molecule is Cc1cnc(NCc2ccsc2)c([N+](=O)[O-])c1. The number of aryl methyl sites for hydroxylation is 1. The van der Waals surface area contributed by atoms with Gasteiger partial charge in [0.15, 0.2) is 0 Å². The maximum absolute atomic E-state index is 10.9. The zero-order chi connectivity index (χ0) is 12.3. The highest BCUT2D eigenvalue weighted by Crippen LogP contribution is 2.23. The largest absolute Gasteiger partial charge is 0.360 e. The quantitative estimate of drug-likeness (QED) is 0.668. The molecule has 0 unspecified atom stereocenters. The van der Waals surface area contributed by atoms with Crippen LogP contribution in [0, 0.1) is 17.0 Å². The van der Waals surface area contributed by atoms with E-state index in [1.165, 1.54) is 6.07 Å². The van der Waals surface area contributed by atoms with Gasteiger partial charge in [0, 0.05) is 18.8 Å². The first-order chi connectivity index (χ1) is 8.16. The molecule has 2 heterocycles. The lowest BCUT2D eigenvalue weighted by Gasteiger charge is -2.05. The van der Waals surface area contributed by atoms with E-state index in [0.29, 0.717) is 12.4 Å². The molecule has 0 saturated heterocycles. The molecule has 0 aliphatic rings. The molecule has 0 bridgehead atoms. The molecule has 5 nitrogen and oxygen atoms in total. The third kappa shape index (κ3) is 2.79. The Hall–Kier alpha value is -1.95. The summed E-state index contributed by atoms with van der Waals surface area (Å²) < 4.78 is 0. The van der Waals surface area contributed by atoms with Gasteiger partial charge in [-0.05, 0) is 34.9 Å². The Morgan fingerprint density at radius 3 is 3.06 bits per heavy atom. The number of nitrogens with one attached hydrogen (secondary N) is 1. The van der Waals surface area contributed by atoms with Gasteiger partial charge in [0.1, 0.15) is 0 Å². The van der Waals surface area contributed by atoms with Crippen molar-refractivity contribution in [2.75, 3.05) is 5.32 Å². The third-order valence-corrected chi connectivity index (χ3v) is 2.97. The van der Waals surface area contributed by atoms with Crippen molar-refractivity contribution < 1.29 is 4.92 Å². The van der Waals surface area contributed by atoms with Crippen molar-refractivity contribution in [3.8, 4) is 0 Å². The molecule has 1 N–H and O–H groups in total. The van der Waals surface area contributed by atoms with Crippen LogP contribution in [-0.2, 0) is 6.54 Å². The molecule has 0 aliphatic heterocycles. The van der Waals surface area contributed by atoms with Crippen molar-refractivity contribution in [3.05, 3.63) is 50.3 Å². The fraction of sp³-hybridized carbons (Fsp3) is 0.182. The predicted octanol–water partition coefficient (Wildman–Crippen LogP) is 2.97. The van der Waals surface area contributed by atoms with Gasteiger partial charge in [0.25, 0.3) is 0 Å². The standard InChI is InChI=1S/C11H11N3O2S/c1-8-4-10(14(15)16)11(12-5-8)13-6-9-2-3-17-7-9/h2-5,7H,6H2,1H3,(H,12,13). The Labute approximate surface area is 102 Å². The van der Waals surface area contributed by atoms with E-state index in [0.717, 1.165) is 11.1 Å². The zero-order valence-corrected chi connectivity index (χ0v) is 10.0. The van der Waals surface area contributed by atoms with Gasteiger partial charge in [0.2, 0.25) is 5.82 Å². The zero-order valence-electron chi connectivity index (χ0n) is 9.21. The number of nitrogens with zero attached hydrogens (tertiary/aromatic N) is 2. The maximum Gasteiger partial charge on any atom is 0.311 e. The summed E-state index contributed by atoms with van der Waals surface area (Å²) >= 11 is 1.59. The molecule has 6 heteroatoms. The first-order valence-electron chi connectivity index (χ1n) is 5.03. The van der Waals surface area contributed by atoms with Gasteiger partial charge in [-0.2, -0.15) is 11.3 Å². The molecular weight excluding hydrogens is 238 g/mol. The normalized spacial score (nSPS) is 10.2. The minimum atomic E-state index is -0.421. The molecule has 88 valence electrons. The van der Waals surface area contributed by atoms with Crippen LogP contribution in [0.5, 0.6) is 0 Å². The van der Waals surface area contributed by atoms with Gasteiger partial charge in [-0.3, -0.25) is 10.1 Å². The number of hydrogen-bond donors (Lipinski definition) is 1. The van der Waals surface area contributed by atoms with Crippen LogP contribution in [0.3, 0.4) is 0 Å². The fourth-order valence-electron chi connectivity index (χ4n) is 1.41. The van der Waals surface area contributed by atoms with Crippen molar-refractivity contribution in [2.45, 2.75) is 13.5 Å². The summed E-state index contributed by atoms with van der Waals surface area (Å²) in [6.45, 7) is 2.32. The first-order valence-corrected chi connectivity index (χ1v) is 5.97. The summed E-state index contributed by atoms with van der Waals surface area (Å²) in [4.78, 5) is 14.5. The Bertz CT molecular complexity index is 526. The molecule has 2 aromatic rings. The number of aromatic nitrogens is 1. The summed E-state index contributed by atoms with van der Waals surface area (Å²) in [5.41, 5.74) is 1.88. The summed E-state index contributed by atoms with van der Waals surface area (Å²) in [6, 6.07) is 3.49. The van der Waals surface area contributed by atoms with E-state index in [1.54, 1.807) is 24.5 Å². The van der Waals surface area contributed by atoms with Gasteiger partial charge < -0.3 is 5.32 Å². The predicted molar refractivity (Wildman–Crippen MR) is 67.3 cm³/mol. The molecule has 0 saturated carbocycles. The molecule has 0 fully saturated rings. The maximum atomic E-state index is 10.9. The highest BCUT2D eigenvalue weighted by atomic mass is 32.1. The van der Waals surface area contributed by atoms with Crippen molar-refractivity contribution in [1.29, 1.82) is 0 Å². The number of hydrogen-bond acceptors (Lipinski definition) is 5. The lowest BCUT2D eigenvalue weighted by atomic mass is 10.2. The lowest BCUT2D eigenvalue weighted by Crippen LogP contribution is -2.04. The molecule has 2 aromatic heterocycles. The van der Waals surface area contributed by atoms with Crippen LogP contribution < -0.4 is 5.32 Å². The fourth-order valence-corrected chi connectivity index (χ4v) is 2.08. The Morgan fingerprint density at radius 2 is 2.41 bits per heavy atom. The van der Waals surface area contributed by atoms with E-state index < -0.39 is 4.92 Å². The number of rotatable bonds is 4.